The number of rotatable bonds is 1. The van der Waals surface area contributed by atoms with Crippen molar-refractivity contribution in [2.75, 3.05) is 0 Å². The maximum absolute atomic E-state index is 13.8. The average molecular weight is 228 g/mol. The van der Waals surface area contributed by atoms with Crippen molar-refractivity contribution >= 4 is 0 Å². The van der Waals surface area contributed by atoms with Gasteiger partial charge in [0.1, 0.15) is 0 Å². The molecule has 17 heavy (non-hydrogen) atoms. The molecule has 0 amide bonds. The van der Waals surface area contributed by atoms with Crippen LogP contribution in [-0.2, 0) is 12.8 Å². The molecule has 0 saturated carbocycles. The number of hydrogen-bond acceptors (Lipinski definition) is 1. The standard InChI is InChI=1S/C15H13FO/c16-15-13(5-2-6-14(15)17)12-8-7-10-3-1-4-11(10)9-12/h2,5-9,17H,1,3-4H2. The zero-order valence-corrected chi connectivity index (χ0v) is 9.41. The summed E-state index contributed by atoms with van der Waals surface area (Å²) < 4.78 is 13.8. The molecule has 0 fully saturated rings. The van der Waals surface area contributed by atoms with Crippen LogP contribution in [0.3, 0.4) is 0 Å². The second-order valence-electron chi connectivity index (χ2n) is 4.48. The molecule has 0 bridgehead atoms. The Kier molecular flexibility index (Phi) is 2.36. The molecule has 3 rings (SSSR count). The summed E-state index contributed by atoms with van der Waals surface area (Å²) in [6, 6.07) is 10.8. The van der Waals surface area contributed by atoms with Crippen LogP contribution in [0.2, 0.25) is 0 Å². The van der Waals surface area contributed by atoms with Gasteiger partial charge in [0.2, 0.25) is 0 Å². The minimum absolute atomic E-state index is 0.289. The molecule has 2 aromatic carbocycles. The van der Waals surface area contributed by atoms with Crippen molar-refractivity contribution in [3.05, 3.63) is 53.3 Å². The van der Waals surface area contributed by atoms with E-state index in [1.54, 1.807) is 12.1 Å². The fourth-order valence-electron chi connectivity index (χ4n) is 2.48. The highest BCUT2D eigenvalue weighted by molar-refractivity contribution is 5.67. The van der Waals surface area contributed by atoms with E-state index in [2.05, 4.69) is 6.07 Å². The molecule has 1 N–H and O–H groups in total. The Balaban J connectivity index is 2.13. The largest absolute Gasteiger partial charge is 0.505 e. The molecular formula is C15H13FO. The number of halogens is 1. The van der Waals surface area contributed by atoms with E-state index in [1.165, 1.54) is 23.6 Å². The molecule has 2 aromatic rings. The van der Waals surface area contributed by atoms with Crippen LogP contribution in [0, 0.1) is 5.82 Å². The molecule has 0 atom stereocenters. The zero-order valence-electron chi connectivity index (χ0n) is 9.41. The van der Waals surface area contributed by atoms with E-state index in [1.807, 2.05) is 12.1 Å². The Labute approximate surface area is 99.5 Å². The second kappa shape index (κ2) is 3.88. The highest BCUT2D eigenvalue weighted by Gasteiger charge is 2.14. The molecule has 0 spiro atoms. The van der Waals surface area contributed by atoms with E-state index in [0.29, 0.717) is 5.56 Å². The van der Waals surface area contributed by atoms with Crippen molar-refractivity contribution in [3.63, 3.8) is 0 Å². The molecule has 1 aliphatic carbocycles. The summed E-state index contributed by atoms with van der Waals surface area (Å²) in [5, 5.41) is 9.38. The van der Waals surface area contributed by atoms with Crippen LogP contribution in [0.15, 0.2) is 36.4 Å². The molecule has 86 valence electrons. The third kappa shape index (κ3) is 1.70. The Morgan fingerprint density at radius 1 is 1.00 bits per heavy atom. The predicted molar refractivity (Wildman–Crippen MR) is 65.5 cm³/mol. The van der Waals surface area contributed by atoms with Crippen molar-refractivity contribution in [3.8, 4) is 16.9 Å². The van der Waals surface area contributed by atoms with E-state index in [4.69, 9.17) is 0 Å². The van der Waals surface area contributed by atoms with Crippen LogP contribution in [0.25, 0.3) is 11.1 Å². The van der Waals surface area contributed by atoms with Gasteiger partial charge in [-0.05, 0) is 42.0 Å². The highest BCUT2D eigenvalue weighted by atomic mass is 19.1. The van der Waals surface area contributed by atoms with Crippen LogP contribution in [0.1, 0.15) is 17.5 Å². The number of hydrogen-bond donors (Lipinski definition) is 1. The summed E-state index contributed by atoms with van der Waals surface area (Å²) in [5.74, 6) is -0.826. The van der Waals surface area contributed by atoms with Gasteiger partial charge in [0.15, 0.2) is 11.6 Å². The van der Waals surface area contributed by atoms with Gasteiger partial charge in [-0.15, -0.1) is 0 Å². The fourth-order valence-corrected chi connectivity index (χ4v) is 2.48. The van der Waals surface area contributed by atoms with Crippen LogP contribution in [-0.4, -0.2) is 5.11 Å². The lowest BCUT2D eigenvalue weighted by Gasteiger charge is -2.07. The molecule has 0 unspecified atom stereocenters. The Morgan fingerprint density at radius 2 is 1.82 bits per heavy atom. The van der Waals surface area contributed by atoms with Crippen molar-refractivity contribution in [2.45, 2.75) is 19.3 Å². The first kappa shape index (κ1) is 10.3. The van der Waals surface area contributed by atoms with Gasteiger partial charge in [-0.25, -0.2) is 4.39 Å². The zero-order chi connectivity index (χ0) is 11.8. The maximum Gasteiger partial charge on any atom is 0.172 e. The van der Waals surface area contributed by atoms with Gasteiger partial charge in [-0.2, -0.15) is 0 Å². The molecule has 1 aliphatic rings. The molecule has 0 saturated heterocycles. The lowest BCUT2D eigenvalue weighted by Crippen LogP contribution is -1.88. The number of aryl methyl sites for hydroxylation is 2. The summed E-state index contributed by atoms with van der Waals surface area (Å²) in [4.78, 5) is 0. The normalized spacial score (nSPS) is 13.7. The first-order valence-electron chi connectivity index (χ1n) is 5.85. The Morgan fingerprint density at radius 3 is 2.71 bits per heavy atom. The second-order valence-corrected chi connectivity index (χ2v) is 4.48. The van der Waals surface area contributed by atoms with Crippen LogP contribution >= 0.6 is 0 Å². The van der Waals surface area contributed by atoms with Crippen molar-refractivity contribution in [1.29, 1.82) is 0 Å². The fraction of sp³-hybridized carbons (Fsp3) is 0.200. The number of phenols is 1. The van der Waals surface area contributed by atoms with Gasteiger partial charge in [0, 0.05) is 5.56 Å². The van der Waals surface area contributed by atoms with Crippen LogP contribution in [0.4, 0.5) is 4.39 Å². The number of benzene rings is 2. The smallest absolute Gasteiger partial charge is 0.172 e. The van der Waals surface area contributed by atoms with Crippen LogP contribution in [0.5, 0.6) is 5.75 Å². The van der Waals surface area contributed by atoms with Gasteiger partial charge in [0.05, 0.1) is 0 Å². The van der Waals surface area contributed by atoms with Crippen LogP contribution < -0.4 is 0 Å². The minimum atomic E-state index is -0.537. The molecule has 0 radical (unpaired) electrons. The summed E-state index contributed by atoms with van der Waals surface area (Å²) in [7, 11) is 0. The lowest BCUT2D eigenvalue weighted by atomic mass is 10.00. The third-order valence-corrected chi connectivity index (χ3v) is 3.39. The third-order valence-electron chi connectivity index (χ3n) is 3.39. The summed E-state index contributed by atoms with van der Waals surface area (Å²) >= 11 is 0. The van der Waals surface area contributed by atoms with E-state index in [0.717, 1.165) is 18.4 Å². The minimum Gasteiger partial charge on any atom is -0.505 e. The maximum atomic E-state index is 13.8. The van der Waals surface area contributed by atoms with E-state index < -0.39 is 5.82 Å². The van der Waals surface area contributed by atoms with Gasteiger partial charge in [-0.3, -0.25) is 0 Å². The summed E-state index contributed by atoms with van der Waals surface area (Å²) in [6.07, 6.45) is 3.38. The van der Waals surface area contributed by atoms with Crippen molar-refractivity contribution in [1.82, 2.24) is 0 Å². The Bertz CT molecular complexity index is 575. The topological polar surface area (TPSA) is 20.2 Å². The van der Waals surface area contributed by atoms with E-state index in [9.17, 15) is 9.50 Å². The molecule has 2 heteroatoms. The average Bonchev–Trinajstić information content (AvgIpc) is 2.79. The Hall–Kier alpha value is -1.83. The first-order valence-corrected chi connectivity index (χ1v) is 5.85. The van der Waals surface area contributed by atoms with Gasteiger partial charge >= 0.3 is 0 Å². The highest BCUT2D eigenvalue weighted by Crippen LogP contribution is 2.31. The van der Waals surface area contributed by atoms with Gasteiger partial charge < -0.3 is 5.11 Å². The molecule has 0 aromatic heterocycles. The summed E-state index contributed by atoms with van der Waals surface area (Å²) in [5.41, 5.74) is 4.00. The lowest BCUT2D eigenvalue weighted by molar-refractivity contribution is 0.433. The molecular weight excluding hydrogens is 215 g/mol. The van der Waals surface area contributed by atoms with E-state index >= 15 is 0 Å². The SMILES string of the molecule is Oc1cccc(-c2ccc3c(c2)CCC3)c1F. The van der Waals surface area contributed by atoms with Crippen molar-refractivity contribution < 1.29 is 9.50 Å². The summed E-state index contributed by atoms with van der Waals surface area (Å²) in [6.45, 7) is 0. The molecule has 1 nitrogen and oxygen atoms in total. The van der Waals surface area contributed by atoms with Gasteiger partial charge in [0.25, 0.3) is 0 Å². The first-order chi connectivity index (χ1) is 8.25. The van der Waals surface area contributed by atoms with E-state index in [-0.39, 0.29) is 5.75 Å². The quantitative estimate of drug-likeness (QED) is 0.789. The molecule has 0 aliphatic heterocycles. The number of fused-ring (bicyclic) bond motifs is 1. The van der Waals surface area contributed by atoms with Crippen molar-refractivity contribution in [2.24, 2.45) is 0 Å². The van der Waals surface area contributed by atoms with Gasteiger partial charge in [-0.1, -0.05) is 30.3 Å². The monoisotopic (exact) mass is 228 g/mol. The molecule has 0 heterocycles. The predicted octanol–water partition coefficient (Wildman–Crippen LogP) is 3.69. The number of aromatic hydroxyl groups is 1. The number of phenolic OH excluding ortho intramolecular Hbond substituents is 1.